The summed E-state index contributed by atoms with van der Waals surface area (Å²) in [6.07, 6.45) is -3.89. The molecule has 198 valence electrons. The lowest BCUT2D eigenvalue weighted by atomic mass is 9.88. The van der Waals surface area contributed by atoms with E-state index in [2.05, 4.69) is 30.8 Å². The number of carbonyl (C=O) groups excluding carboxylic acids is 2. The maximum Gasteiger partial charge on any atom is 0.416 e. The van der Waals surface area contributed by atoms with Crippen molar-refractivity contribution in [2.45, 2.75) is 45.9 Å². The van der Waals surface area contributed by atoms with E-state index < -0.39 is 17.7 Å². The number of methoxy groups -OCH3 is 1. The zero-order valence-electron chi connectivity index (χ0n) is 21.1. The topological polar surface area (TPSA) is 64.6 Å². The highest BCUT2D eigenvalue weighted by Crippen LogP contribution is 2.37. The van der Waals surface area contributed by atoms with Crippen LogP contribution >= 0.6 is 11.3 Å². The van der Waals surface area contributed by atoms with Crippen molar-refractivity contribution < 1.29 is 32.2 Å². The number of esters is 1. The molecule has 0 saturated carbocycles. The molecule has 1 unspecified atom stereocenters. The van der Waals surface area contributed by atoms with E-state index in [1.165, 1.54) is 30.6 Å². The highest BCUT2D eigenvalue weighted by molar-refractivity contribution is 7.14. The normalized spacial score (nSPS) is 12.6. The Bertz CT molecular complexity index is 1200. The Morgan fingerprint density at radius 3 is 2.05 bits per heavy atom. The van der Waals surface area contributed by atoms with E-state index >= 15 is 0 Å². The van der Waals surface area contributed by atoms with Crippen molar-refractivity contribution in [2.24, 2.45) is 5.41 Å². The van der Waals surface area contributed by atoms with Gasteiger partial charge in [0.15, 0.2) is 0 Å². The molecule has 0 aliphatic heterocycles. The number of halogens is 3. The van der Waals surface area contributed by atoms with E-state index in [0.29, 0.717) is 22.6 Å². The van der Waals surface area contributed by atoms with Gasteiger partial charge in [-0.05, 0) is 59.4 Å². The summed E-state index contributed by atoms with van der Waals surface area (Å²) >= 11 is 1.33. The second kappa shape index (κ2) is 11.8. The fourth-order valence-electron chi connectivity index (χ4n) is 3.61. The van der Waals surface area contributed by atoms with Crippen molar-refractivity contribution in [1.82, 2.24) is 5.32 Å². The van der Waals surface area contributed by atoms with E-state index in [-0.39, 0.29) is 30.4 Å². The van der Waals surface area contributed by atoms with Gasteiger partial charge in [-0.3, -0.25) is 9.59 Å². The Balaban J connectivity index is 1.72. The van der Waals surface area contributed by atoms with Gasteiger partial charge >= 0.3 is 12.1 Å². The standard InChI is InChI=1S/C28H30F3NO4S/c1-27(2,3)17-22(23-13-14-24(37-23)26(34)32-16-15-25(33)35-4)36-21-11-7-19(8-12-21)18-5-9-20(10-6-18)28(29,30)31/h5-14,22H,15-17H2,1-4H3,(H,32,34). The van der Waals surface area contributed by atoms with Gasteiger partial charge in [-0.15, -0.1) is 11.3 Å². The van der Waals surface area contributed by atoms with Crippen molar-refractivity contribution in [1.29, 1.82) is 0 Å². The summed E-state index contributed by atoms with van der Waals surface area (Å²) in [5.41, 5.74) is 0.702. The van der Waals surface area contributed by atoms with Gasteiger partial charge < -0.3 is 14.8 Å². The number of alkyl halides is 3. The Morgan fingerprint density at radius 2 is 1.51 bits per heavy atom. The van der Waals surface area contributed by atoms with Crippen molar-refractivity contribution in [3.8, 4) is 16.9 Å². The molecule has 1 aromatic heterocycles. The van der Waals surface area contributed by atoms with Crippen LogP contribution in [0.5, 0.6) is 5.75 Å². The van der Waals surface area contributed by atoms with Gasteiger partial charge in [0.2, 0.25) is 0 Å². The summed E-state index contributed by atoms with van der Waals surface area (Å²) in [7, 11) is 1.30. The van der Waals surface area contributed by atoms with Gasteiger partial charge in [0, 0.05) is 11.4 Å². The minimum Gasteiger partial charge on any atom is -0.485 e. The third-order valence-electron chi connectivity index (χ3n) is 5.49. The number of amides is 1. The molecule has 0 aliphatic rings. The predicted octanol–water partition coefficient (Wildman–Crippen LogP) is 7.28. The van der Waals surface area contributed by atoms with Crippen LogP contribution in [0.15, 0.2) is 60.7 Å². The second-order valence-corrected chi connectivity index (χ2v) is 10.9. The van der Waals surface area contributed by atoms with Crippen LogP contribution in [0, 0.1) is 5.41 Å². The number of nitrogens with one attached hydrogen (secondary N) is 1. The number of carbonyl (C=O) groups is 2. The van der Waals surface area contributed by atoms with Crippen molar-refractivity contribution in [3.63, 3.8) is 0 Å². The van der Waals surface area contributed by atoms with Crippen molar-refractivity contribution in [2.75, 3.05) is 13.7 Å². The van der Waals surface area contributed by atoms with Crippen LogP contribution in [-0.2, 0) is 15.7 Å². The van der Waals surface area contributed by atoms with E-state index in [1.54, 1.807) is 30.3 Å². The van der Waals surface area contributed by atoms with Crippen LogP contribution in [0.25, 0.3) is 11.1 Å². The largest absolute Gasteiger partial charge is 0.485 e. The van der Waals surface area contributed by atoms with Crippen LogP contribution in [0.3, 0.4) is 0 Å². The first-order chi connectivity index (χ1) is 17.4. The molecule has 2 aromatic carbocycles. The third kappa shape index (κ3) is 8.35. The van der Waals surface area contributed by atoms with Crippen LogP contribution < -0.4 is 10.1 Å². The molecular weight excluding hydrogens is 503 g/mol. The molecular formula is C28H30F3NO4S. The summed E-state index contributed by atoms with van der Waals surface area (Å²) in [5, 5.41) is 2.72. The first kappa shape index (κ1) is 28.2. The Hall–Kier alpha value is -3.33. The Labute approximate surface area is 218 Å². The van der Waals surface area contributed by atoms with Gasteiger partial charge in [0.25, 0.3) is 5.91 Å². The fraction of sp³-hybridized carbons (Fsp3) is 0.357. The van der Waals surface area contributed by atoms with Gasteiger partial charge in [-0.1, -0.05) is 45.0 Å². The zero-order valence-corrected chi connectivity index (χ0v) is 22.0. The molecule has 0 fully saturated rings. The molecule has 3 rings (SSSR count). The van der Waals surface area contributed by atoms with E-state index in [4.69, 9.17) is 4.74 Å². The molecule has 3 aromatic rings. The first-order valence-electron chi connectivity index (χ1n) is 11.7. The third-order valence-corrected chi connectivity index (χ3v) is 6.66. The maximum absolute atomic E-state index is 12.8. The smallest absolute Gasteiger partial charge is 0.416 e. The average molecular weight is 534 g/mol. The number of hydrogen-bond acceptors (Lipinski definition) is 5. The highest BCUT2D eigenvalue weighted by Gasteiger charge is 2.30. The van der Waals surface area contributed by atoms with Crippen LogP contribution in [0.1, 0.15) is 59.8 Å². The summed E-state index contributed by atoms with van der Waals surface area (Å²) in [6.45, 7) is 6.49. The Morgan fingerprint density at radius 1 is 0.919 bits per heavy atom. The number of rotatable bonds is 9. The molecule has 5 nitrogen and oxygen atoms in total. The summed E-state index contributed by atoms with van der Waals surface area (Å²) < 4.78 is 49.4. The molecule has 9 heteroatoms. The molecule has 37 heavy (non-hydrogen) atoms. The molecule has 0 saturated heterocycles. The van der Waals surface area contributed by atoms with Gasteiger partial charge in [-0.25, -0.2) is 0 Å². The van der Waals surface area contributed by atoms with Crippen molar-refractivity contribution >= 4 is 23.2 Å². The monoisotopic (exact) mass is 533 g/mol. The van der Waals surface area contributed by atoms with Crippen LogP contribution in [0.4, 0.5) is 13.2 Å². The maximum atomic E-state index is 12.8. The number of benzene rings is 2. The summed E-state index contributed by atoms with van der Waals surface area (Å²) in [6, 6.07) is 15.8. The SMILES string of the molecule is COC(=O)CCNC(=O)c1ccc(C(CC(C)(C)C)Oc2ccc(-c3ccc(C(F)(F)F)cc3)cc2)s1. The molecule has 0 radical (unpaired) electrons. The molecule has 1 atom stereocenters. The average Bonchev–Trinajstić information content (AvgIpc) is 3.33. The lowest BCUT2D eigenvalue weighted by Crippen LogP contribution is -2.25. The van der Waals surface area contributed by atoms with Gasteiger partial charge in [0.05, 0.1) is 24.0 Å². The number of ether oxygens (including phenoxy) is 2. The quantitative estimate of drug-likeness (QED) is 0.294. The van der Waals surface area contributed by atoms with Crippen LogP contribution in [0.2, 0.25) is 0 Å². The molecule has 1 heterocycles. The van der Waals surface area contributed by atoms with E-state index in [9.17, 15) is 22.8 Å². The van der Waals surface area contributed by atoms with E-state index in [1.807, 2.05) is 6.07 Å². The summed E-state index contributed by atoms with van der Waals surface area (Å²) in [4.78, 5) is 25.1. The van der Waals surface area contributed by atoms with Crippen molar-refractivity contribution in [3.05, 3.63) is 76.0 Å². The lowest BCUT2D eigenvalue weighted by molar-refractivity contribution is -0.140. The number of thiophene rings is 1. The number of hydrogen-bond donors (Lipinski definition) is 1. The van der Waals surface area contributed by atoms with Gasteiger partial charge in [0.1, 0.15) is 11.9 Å². The van der Waals surface area contributed by atoms with E-state index in [0.717, 1.165) is 22.6 Å². The highest BCUT2D eigenvalue weighted by atomic mass is 32.1. The molecule has 0 aliphatic carbocycles. The molecule has 1 N–H and O–H groups in total. The minimum absolute atomic E-state index is 0.0578. The molecule has 1 amide bonds. The molecule has 0 bridgehead atoms. The molecule has 0 spiro atoms. The predicted molar refractivity (Wildman–Crippen MR) is 138 cm³/mol. The lowest BCUT2D eigenvalue weighted by Gasteiger charge is -2.26. The van der Waals surface area contributed by atoms with Gasteiger partial charge in [-0.2, -0.15) is 13.2 Å². The van der Waals surface area contributed by atoms with Crippen LogP contribution in [-0.4, -0.2) is 25.5 Å². The fourth-order valence-corrected chi connectivity index (χ4v) is 4.57. The zero-order chi connectivity index (χ0) is 27.2. The first-order valence-corrected chi connectivity index (χ1v) is 12.6. The Kier molecular flexibility index (Phi) is 9.02. The second-order valence-electron chi connectivity index (χ2n) is 9.75. The minimum atomic E-state index is -4.37. The summed E-state index contributed by atoms with van der Waals surface area (Å²) in [5.74, 6) is -0.0481.